The molecule has 0 saturated heterocycles. The highest BCUT2D eigenvalue weighted by Gasteiger charge is 2.38. The zero-order valence-corrected chi connectivity index (χ0v) is 19.5. The quantitative estimate of drug-likeness (QED) is 0.143. The summed E-state index contributed by atoms with van der Waals surface area (Å²) in [5.41, 5.74) is -0.266. The van der Waals surface area contributed by atoms with Gasteiger partial charge in [-0.15, -0.1) is 33.2 Å². The summed E-state index contributed by atoms with van der Waals surface area (Å²) in [6, 6.07) is 6.80. The van der Waals surface area contributed by atoms with Gasteiger partial charge in [0.25, 0.3) is 0 Å². The first-order valence-corrected chi connectivity index (χ1v) is 15.4. The summed E-state index contributed by atoms with van der Waals surface area (Å²) in [5, 5.41) is 0. The number of hydrogen-bond acceptors (Lipinski definition) is 1. The molecule has 0 fully saturated rings. The van der Waals surface area contributed by atoms with E-state index in [1.165, 1.54) is 70.6 Å². The van der Waals surface area contributed by atoms with Crippen LogP contribution in [0.5, 0.6) is 5.75 Å². The van der Waals surface area contributed by atoms with Crippen LogP contribution in [0.15, 0.2) is 30.3 Å². The van der Waals surface area contributed by atoms with Crippen LogP contribution in [0.4, 0.5) is 0 Å². The first kappa shape index (κ1) is 24.1. The lowest BCUT2D eigenvalue weighted by Gasteiger charge is -2.23. The second-order valence-corrected chi connectivity index (χ2v) is 16.0. The van der Waals surface area contributed by atoms with Gasteiger partial charge in [-0.05, 0) is 25.0 Å². The van der Waals surface area contributed by atoms with Gasteiger partial charge in [-0.2, -0.15) is 0 Å². The number of para-hydroxylation sites is 1. The summed E-state index contributed by atoms with van der Waals surface area (Å²) in [6.07, 6.45) is 16.8. The lowest BCUT2D eigenvalue weighted by Crippen LogP contribution is -2.36. The molecule has 0 N–H and O–H groups in total. The Balaban J connectivity index is 2.07. The Morgan fingerprint density at radius 3 is 1.65 bits per heavy atom. The number of rotatable bonds is 16. The van der Waals surface area contributed by atoms with Crippen molar-refractivity contribution < 1.29 is 4.74 Å². The van der Waals surface area contributed by atoms with Crippen molar-refractivity contribution in [2.24, 2.45) is 0 Å². The molecule has 0 aliphatic carbocycles. The average molecular weight is 438 g/mol. The fraction of sp³-hybridized carbons (Fsp3) is 0.714. The average Bonchev–Trinajstić information content (AvgIpc) is 2.61. The van der Waals surface area contributed by atoms with Crippen molar-refractivity contribution in [1.29, 1.82) is 0 Å². The standard InChI is InChI=1S/C21H35Cl3OSi/c1-2-3-4-5-6-7-8-9-10-11-12-16-19-21(26(22,23)24)25-20-17-14-13-15-18-20/h13-15,17-18,21H,2-12,16,19H2,1H3. The molecule has 1 rings (SSSR count). The Labute approximate surface area is 175 Å². The summed E-state index contributed by atoms with van der Waals surface area (Å²) in [6.45, 7) is 2.27. The van der Waals surface area contributed by atoms with Crippen molar-refractivity contribution in [3.8, 4) is 5.75 Å². The van der Waals surface area contributed by atoms with Gasteiger partial charge in [-0.25, -0.2) is 0 Å². The van der Waals surface area contributed by atoms with Crippen molar-refractivity contribution in [2.45, 2.75) is 96.1 Å². The molecule has 0 heterocycles. The fourth-order valence-electron chi connectivity index (χ4n) is 3.12. The summed E-state index contributed by atoms with van der Waals surface area (Å²) in [5.74, 6) is 0.787. The number of halogens is 3. The molecular formula is C21H35Cl3OSi. The van der Waals surface area contributed by atoms with E-state index in [1.807, 2.05) is 30.3 Å². The molecule has 1 aromatic rings. The molecule has 0 aliphatic heterocycles. The van der Waals surface area contributed by atoms with Crippen molar-refractivity contribution in [1.82, 2.24) is 0 Å². The van der Waals surface area contributed by atoms with Crippen molar-refractivity contribution >= 4 is 39.2 Å². The van der Waals surface area contributed by atoms with E-state index in [0.717, 1.165) is 18.6 Å². The van der Waals surface area contributed by atoms with Crippen LogP contribution in [0.1, 0.15) is 90.4 Å². The Hall–Kier alpha value is 0.107. The van der Waals surface area contributed by atoms with E-state index in [1.54, 1.807) is 0 Å². The molecule has 0 amide bonds. The van der Waals surface area contributed by atoms with E-state index in [-0.39, 0.29) is 5.73 Å². The van der Waals surface area contributed by atoms with E-state index in [0.29, 0.717) is 0 Å². The van der Waals surface area contributed by atoms with Gasteiger partial charge in [0, 0.05) is 0 Å². The van der Waals surface area contributed by atoms with Crippen LogP contribution in [0, 0.1) is 0 Å². The Bertz CT molecular complexity index is 437. The van der Waals surface area contributed by atoms with Crippen LogP contribution >= 0.6 is 33.2 Å². The van der Waals surface area contributed by atoms with Gasteiger partial charge < -0.3 is 4.74 Å². The van der Waals surface area contributed by atoms with Gasteiger partial charge >= 0.3 is 6.00 Å². The molecule has 0 spiro atoms. The number of hydrogen-bond donors (Lipinski definition) is 0. The second-order valence-electron chi connectivity index (χ2n) is 7.14. The third-order valence-corrected chi connectivity index (χ3v) is 8.03. The normalized spacial score (nSPS) is 12.9. The lowest BCUT2D eigenvalue weighted by atomic mass is 10.0. The van der Waals surface area contributed by atoms with Crippen LogP contribution in [0.25, 0.3) is 0 Å². The predicted molar refractivity (Wildman–Crippen MR) is 120 cm³/mol. The van der Waals surface area contributed by atoms with Gasteiger partial charge in [0.1, 0.15) is 11.5 Å². The van der Waals surface area contributed by atoms with Gasteiger partial charge in [0.2, 0.25) is 0 Å². The SMILES string of the molecule is CCCCCCCCCCCCCCC(Oc1ccccc1)[Si](Cl)(Cl)Cl. The highest BCUT2D eigenvalue weighted by molar-refractivity contribution is 7.65. The minimum Gasteiger partial charge on any atom is -0.490 e. The summed E-state index contributed by atoms with van der Waals surface area (Å²) < 4.78 is 5.94. The zero-order valence-electron chi connectivity index (χ0n) is 16.2. The van der Waals surface area contributed by atoms with Crippen LogP contribution in [0.3, 0.4) is 0 Å². The molecule has 1 nitrogen and oxygen atoms in total. The minimum atomic E-state index is -2.88. The van der Waals surface area contributed by atoms with E-state index < -0.39 is 6.00 Å². The molecule has 0 aromatic heterocycles. The maximum Gasteiger partial charge on any atom is 0.381 e. The molecule has 150 valence electrons. The number of unbranched alkanes of at least 4 members (excludes halogenated alkanes) is 11. The minimum absolute atomic E-state index is 0.266. The number of benzene rings is 1. The molecule has 1 atom stereocenters. The molecular weight excluding hydrogens is 403 g/mol. The first-order chi connectivity index (χ1) is 12.5. The number of ether oxygens (including phenoxy) is 1. The monoisotopic (exact) mass is 436 g/mol. The highest BCUT2D eigenvalue weighted by Crippen LogP contribution is 2.31. The van der Waals surface area contributed by atoms with Gasteiger partial charge in [0.15, 0.2) is 0 Å². The van der Waals surface area contributed by atoms with E-state index >= 15 is 0 Å². The zero-order chi connectivity index (χ0) is 19.1. The summed E-state index contributed by atoms with van der Waals surface area (Å²) >= 11 is 18.7. The second kappa shape index (κ2) is 15.1. The fourth-order valence-corrected chi connectivity index (χ4v) is 5.31. The third kappa shape index (κ3) is 12.5. The van der Waals surface area contributed by atoms with Gasteiger partial charge in [-0.1, -0.05) is 95.8 Å². The van der Waals surface area contributed by atoms with Crippen molar-refractivity contribution in [3.63, 3.8) is 0 Å². The van der Waals surface area contributed by atoms with Crippen molar-refractivity contribution in [2.75, 3.05) is 0 Å². The third-order valence-electron chi connectivity index (χ3n) is 4.71. The van der Waals surface area contributed by atoms with Crippen LogP contribution in [0.2, 0.25) is 0 Å². The molecule has 1 aromatic carbocycles. The molecule has 0 saturated carbocycles. The van der Waals surface area contributed by atoms with Crippen LogP contribution in [-0.2, 0) is 0 Å². The largest absolute Gasteiger partial charge is 0.490 e. The molecule has 1 unspecified atom stereocenters. The Kier molecular flexibility index (Phi) is 14.0. The van der Waals surface area contributed by atoms with Crippen LogP contribution in [-0.4, -0.2) is 11.7 Å². The van der Waals surface area contributed by atoms with E-state index in [9.17, 15) is 0 Å². The van der Waals surface area contributed by atoms with E-state index in [4.69, 9.17) is 38.0 Å². The molecule has 0 bridgehead atoms. The van der Waals surface area contributed by atoms with Gasteiger partial charge in [0.05, 0.1) is 0 Å². The molecule has 0 radical (unpaired) electrons. The summed E-state index contributed by atoms with van der Waals surface area (Å²) in [7, 11) is 0. The first-order valence-electron chi connectivity index (χ1n) is 10.3. The van der Waals surface area contributed by atoms with Crippen LogP contribution < -0.4 is 4.74 Å². The molecule has 26 heavy (non-hydrogen) atoms. The Morgan fingerprint density at radius 1 is 0.731 bits per heavy atom. The smallest absolute Gasteiger partial charge is 0.381 e. The Morgan fingerprint density at radius 2 is 1.19 bits per heavy atom. The molecule has 0 aliphatic rings. The maximum absolute atomic E-state index is 6.24. The molecule has 5 heteroatoms. The van der Waals surface area contributed by atoms with Crippen molar-refractivity contribution in [3.05, 3.63) is 30.3 Å². The highest BCUT2D eigenvalue weighted by atomic mass is 35.8. The lowest BCUT2D eigenvalue weighted by molar-refractivity contribution is 0.260. The van der Waals surface area contributed by atoms with E-state index in [2.05, 4.69) is 6.92 Å². The maximum atomic E-state index is 6.24. The summed E-state index contributed by atoms with van der Waals surface area (Å²) in [4.78, 5) is 0. The topological polar surface area (TPSA) is 9.23 Å². The predicted octanol–water partition coefficient (Wildman–Crippen LogP) is 8.72. The van der Waals surface area contributed by atoms with Gasteiger partial charge in [-0.3, -0.25) is 0 Å².